The quantitative estimate of drug-likeness (QED) is 0.333. The maximum absolute atomic E-state index is 12.5. The van der Waals surface area contributed by atoms with Crippen molar-refractivity contribution in [3.8, 4) is 0 Å². The SMILES string of the molecule is C=C(C)[C@H]1Cc2oc(cc2C=O)[C@H]2O[C@]2(C)C[C@H]2C=C(C(=O)O2)[C@H](OC(C)=O)C1. The van der Waals surface area contributed by atoms with Crippen LogP contribution in [0.3, 0.4) is 0 Å². The van der Waals surface area contributed by atoms with Gasteiger partial charge < -0.3 is 18.6 Å². The van der Waals surface area contributed by atoms with Gasteiger partial charge in [0, 0.05) is 19.8 Å². The Hall–Kier alpha value is -2.67. The Morgan fingerprint density at radius 3 is 2.79 bits per heavy atom. The van der Waals surface area contributed by atoms with E-state index in [0.717, 1.165) is 11.9 Å². The zero-order chi connectivity index (χ0) is 20.9. The number of fused-ring (bicyclic) bond motifs is 5. The highest BCUT2D eigenvalue weighted by molar-refractivity contribution is 5.92. The summed E-state index contributed by atoms with van der Waals surface area (Å²) in [5.41, 5.74) is 1.08. The fraction of sp³-hybridized carbons (Fsp3) is 0.500. The molecule has 7 heteroatoms. The van der Waals surface area contributed by atoms with Crippen LogP contribution in [0.5, 0.6) is 0 Å². The predicted octanol–water partition coefficient (Wildman–Crippen LogP) is 3.23. The van der Waals surface area contributed by atoms with Gasteiger partial charge in [0.25, 0.3) is 0 Å². The van der Waals surface area contributed by atoms with E-state index >= 15 is 0 Å². The molecule has 1 aromatic heterocycles. The summed E-state index contributed by atoms with van der Waals surface area (Å²) in [7, 11) is 0. The van der Waals surface area contributed by atoms with E-state index in [4.69, 9.17) is 18.6 Å². The summed E-state index contributed by atoms with van der Waals surface area (Å²) in [6, 6.07) is 1.71. The Morgan fingerprint density at radius 2 is 2.14 bits per heavy atom. The molecule has 29 heavy (non-hydrogen) atoms. The maximum atomic E-state index is 12.5. The van der Waals surface area contributed by atoms with Crippen LogP contribution < -0.4 is 0 Å². The molecular formula is C22H24O7. The lowest BCUT2D eigenvalue weighted by Crippen LogP contribution is -2.26. The lowest BCUT2D eigenvalue weighted by Gasteiger charge is -2.23. The Bertz CT molecular complexity index is 924. The molecule has 0 N–H and O–H groups in total. The van der Waals surface area contributed by atoms with Gasteiger partial charge >= 0.3 is 11.9 Å². The Kier molecular flexibility index (Phi) is 4.73. The molecule has 0 saturated carbocycles. The van der Waals surface area contributed by atoms with E-state index < -0.39 is 29.7 Å². The molecule has 0 amide bonds. The van der Waals surface area contributed by atoms with Crippen LogP contribution in [-0.2, 0) is 30.2 Å². The second-order valence-corrected chi connectivity index (χ2v) is 8.31. The molecule has 3 aliphatic rings. The average molecular weight is 400 g/mol. The van der Waals surface area contributed by atoms with E-state index in [9.17, 15) is 14.4 Å². The molecule has 1 fully saturated rings. The van der Waals surface area contributed by atoms with E-state index in [1.165, 1.54) is 6.92 Å². The molecule has 1 aromatic rings. The number of hydrogen-bond acceptors (Lipinski definition) is 7. The molecule has 4 heterocycles. The highest BCUT2D eigenvalue weighted by Gasteiger charge is 2.57. The van der Waals surface area contributed by atoms with Crippen LogP contribution in [-0.4, -0.2) is 36.0 Å². The summed E-state index contributed by atoms with van der Waals surface area (Å²) in [6.07, 6.45) is 2.14. The number of hydrogen-bond donors (Lipinski definition) is 0. The van der Waals surface area contributed by atoms with Gasteiger partial charge in [-0.15, -0.1) is 0 Å². The van der Waals surface area contributed by atoms with Gasteiger partial charge in [0.05, 0.1) is 11.1 Å². The fourth-order valence-electron chi connectivity index (χ4n) is 4.23. The molecule has 1 saturated heterocycles. The first kappa shape index (κ1) is 19.6. The van der Waals surface area contributed by atoms with Crippen molar-refractivity contribution in [1.82, 2.24) is 0 Å². The van der Waals surface area contributed by atoms with E-state index in [1.54, 1.807) is 12.1 Å². The van der Waals surface area contributed by atoms with Crippen molar-refractivity contribution in [2.24, 2.45) is 5.92 Å². The van der Waals surface area contributed by atoms with Crippen LogP contribution in [0, 0.1) is 5.92 Å². The van der Waals surface area contributed by atoms with E-state index in [2.05, 4.69) is 6.58 Å². The van der Waals surface area contributed by atoms with Crippen molar-refractivity contribution in [2.45, 2.75) is 63.9 Å². The third-order valence-corrected chi connectivity index (χ3v) is 5.88. The fourth-order valence-corrected chi connectivity index (χ4v) is 4.23. The van der Waals surface area contributed by atoms with Gasteiger partial charge in [0.2, 0.25) is 0 Å². The lowest BCUT2D eigenvalue weighted by molar-refractivity contribution is -0.147. The zero-order valence-corrected chi connectivity index (χ0v) is 16.7. The maximum Gasteiger partial charge on any atom is 0.338 e. The first-order valence-electron chi connectivity index (χ1n) is 9.71. The standard InChI is InChI=1S/C22H24O7/c1-11(2)13-5-17-14(10-23)7-19(28-17)20-22(4,29-20)9-15-8-16(21(25)27-15)18(6-13)26-12(3)24/h7-8,10,13,15,18,20H,1,5-6,9H2,2-4H3/t13-,15+,18+,20+,22+/m0/s1. The highest BCUT2D eigenvalue weighted by Crippen LogP contribution is 2.54. The third-order valence-electron chi connectivity index (χ3n) is 5.88. The Labute approximate surface area is 168 Å². The van der Waals surface area contributed by atoms with Gasteiger partial charge in [0.15, 0.2) is 6.29 Å². The van der Waals surface area contributed by atoms with E-state index in [1.807, 2.05) is 13.8 Å². The predicted molar refractivity (Wildman–Crippen MR) is 101 cm³/mol. The van der Waals surface area contributed by atoms with E-state index in [-0.39, 0.29) is 12.0 Å². The normalized spacial score (nSPS) is 33.2. The number of allylic oxidation sites excluding steroid dienone is 1. The lowest BCUT2D eigenvalue weighted by atomic mass is 9.87. The van der Waals surface area contributed by atoms with Crippen LogP contribution in [0.4, 0.5) is 0 Å². The van der Waals surface area contributed by atoms with Crippen LogP contribution in [0.1, 0.15) is 61.6 Å². The zero-order valence-electron chi connectivity index (χ0n) is 16.7. The molecule has 0 aliphatic carbocycles. The first-order chi connectivity index (χ1) is 13.7. The average Bonchev–Trinajstić information content (AvgIpc) is 2.97. The van der Waals surface area contributed by atoms with Gasteiger partial charge in [-0.05, 0) is 38.3 Å². The molecular weight excluding hydrogens is 376 g/mol. The minimum Gasteiger partial charge on any atom is -0.462 e. The van der Waals surface area contributed by atoms with Crippen molar-refractivity contribution in [3.05, 3.63) is 47.0 Å². The summed E-state index contributed by atoms with van der Waals surface area (Å²) in [6.45, 7) is 9.13. The van der Waals surface area contributed by atoms with Crippen LogP contribution in [0.15, 0.2) is 34.3 Å². The van der Waals surface area contributed by atoms with Crippen molar-refractivity contribution in [2.75, 3.05) is 0 Å². The molecule has 4 bridgehead atoms. The minimum absolute atomic E-state index is 0.169. The summed E-state index contributed by atoms with van der Waals surface area (Å²) in [5.74, 6) is 0.00368. The van der Waals surface area contributed by atoms with Gasteiger partial charge in [-0.3, -0.25) is 9.59 Å². The van der Waals surface area contributed by atoms with Crippen molar-refractivity contribution in [1.29, 1.82) is 0 Å². The molecule has 7 nitrogen and oxygen atoms in total. The van der Waals surface area contributed by atoms with Crippen LogP contribution >= 0.6 is 0 Å². The molecule has 0 unspecified atom stereocenters. The van der Waals surface area contributed by atoms with Crippen molar-refractivity contribution in [3.63, 3.8) is 0 Å². The number of esters is 2. The summed E-state index contributed by atoms with van der Waals surface area (Å²) >= 11 is 0. The molecule has 154 valence electrons. The third kappa shape index (κ3) is 3.67. The number of aldehydes is 1. The van der Waals surface area contributed by atoms with Gasteiger partial charge in [0.1, 0.15) is 35.4 Å². The van der Waals surface area contributed by atoms with Crippen molar-refractivity contribution < 1.29 is 33.0 Å². The highest BCUT2D eigenvalue weighted by atomic mass is 16.6. The molecule has 0 aromatic carbocycles. The van der Waals surface area contributed by atoms with Gasteiger partial charge in [-0.1, -0.05) is 12.2 Å². The summed E-state index contributed by atoms with van der Waals surface area (Å²) in [5, 5.41) is 0. The Morgan fingerprint density at radius 1 is 1.38 bits per heavy atom. The van der Waals surface area contributed by atoms with Gasteiger partial charge in [-0.25, -0.2) is 4.79 Å². The number of epoxide rings is 1. The van der Waals surface area contributed by atoms with Crippen LogP contribution in [0.2, 0.25) is 0 Å². The second-order valence-electron chi connectivity index (χ2n) is 8.31. The van der Waals surface area contributed by atoms with Crippen LogP contribution in [0.25, 0.3) is 0 Å². The topological polar surface area (TPSA) is 95.3 Å². The van der Waals surface area contributed by atoms with Crippen molar-refractivity contribution >= 4 is 18.2 Å². The molecule has 0 radical (unpaired) electrons. The van der Waals surface area contributed by atoms with E-state index in [0.29, 0.717) is 41.9 Å². The molecule has 0 spiro atoms. The number of furan rings is 1. The second kappa shape index (κ2) is 6.99. The largest absolute Gasteiger partial charge is 0.462 e. The first-order valence-corrected chi connectivity index (χ1v) is 9.71. The number of carbonyl (C=O) groups is 3. The minimum atomic E-state index is -0.759. The van der Waals surface area contributed by atoms with Gasteiger partial charge in [-0.2, -0.15) is 0 Å². The summed E-state index contributed by atoms with van der Waals surface area (Å²) < 4.78 is 22.9. The molecule has 3 aliphatic heterocycles. The Balaban J connectivity index is 1.76. The molecule has 4 rings (SSSR count). The monoisotopic (exact) mass is 400 g/mol. The molecule has 5 atom stereocenters. The number of carbonyl (C=O) groups excluding carboxylic acids is 3. The number of rotatable bonds is 3. The smallest absolute Gasteiger partial charge is 0.338 e. The summed E-state index contributed by atoms with van der Waals surface area (Å²) in [4.78, 5) is 35.8. The number of ether oxygens (including phenoxy) is 3.